The van der Waals surface area contributed by atoms with Crippen LogP contribution in [-0.4, -0.2) is 43.0 Å². The highest BCUT2D eigenvalue weighted by atomic mass is 16.5. The van der Waals surface area contributed by atoms with E-state index in [1.165, 1.54) is 12.0 Å². The second-order valence-corrected chi connectivity index (χ2v) is 8.25. The normalized spacial score (nSPS) is 15.3. The summed E-state index contributed by atoms with van der Waals surface area (Å²) in [7, 11) is 3.07. The number of imide groups is 1. The van der Waals surface area contributed by atoms with E-state index in [0.29, 0.717) is 22.9 Å². The molecule has 8 nitrogen and oxygen atoms in total. The summed E-state index contributed by atoms with van der Waals surface area (Å²) in [5.74, 6) is 0.271. The van der Waals surface area contributed by atoms with Crippen molar-refractivity contribution in [1.82, 2.24) is 4.90 Å². The summed E-state index contributed by atoms with van der Waals surface area (Å²) in [5, 5.41) is 2.80. The summed E-state index contributed by atoms with van der Waals surface area (Å²) in [4.78, 5) is 42.4. The quantitative estimate of drug-likeness (QED) is 0.491. The van der Waals surface area contributed by atoms with Gasteiger partial charge in [0.1, 0.15) is 6.04 Å². The van der Waals surface area contributed by atoms with Gasteiger partial charge in [0.15, 0.2) is 11.5 Å². The molecule has 0 saturated carbocycles. The van der Waals surface area contributed by atoms with E-state index < -0.39 is 18.0 Å². The van der Waals surface area contributed by atoms with E-state index in [0.717, 1.165) is 16.0 Å². The number of hydrogen-bond acceptors (Lipinski definition) is 5. The fourth-order valence-corrected chi connectivity index (χ4v) is 4.10. The van der Waals surface area contributed by atoms with Gasteiger partial charge in [-0.25, -0.2) is 9.69 Å². The Hall–Kier alpha value is -4.33. The van der Waals surface area contributed by atoms with Crippen molar-refractivity contribution < 1.29 is 23.9 Å². The molecule has 1 fully saturated rings. The zero-order valence-electron chi connectivity index (χ0n) is 19.9. The van der Waals surface area contributed by atoms with Gasteiger partial charge in [-0.3, -0.25) is 9.59 Å². The number of aryl methyl sites for hydroxylation is 1. The smallest absolute Gasteiger partial charge is 0.332 e. The number of urea groups is 1. The topological polar surface area (TPSA) is 88.2 Å². The molecule has 1 heterocycles. The average molecular weight is 474 g/mol. The van der Waals surface area contributed by atoms with Crippen LogP contribution in [0.3, 0.4) is 0 Å². The van der Waals surface area contributed by atoms with Crippen molar-refractivity contribution in [1.29, 1.82) is 0 Å². The van der Waals surface area contributed by atoms with Gasteiger partial charge >= 0.3 is 6.03 Å². The van der Waals surface area contributed by atoms with Crippen LogP contribution in [0.2, 0.25) is 0 Å². The minimum atomic E-state index is -0.958. The number of rotatable bonds is 8. The zero-order chi connectivity index (χ0) is 24.9. The third kappa shape index (κ3) is 5.11. The number of carbonyl (C=O) groups is 3. The van der Waals surface area contributed by atoms with E-state index in [2.05, 4.69) is 5.32 Å². The molecule has 4 rings (SSSR count). The maximum absolute atomic E-state index is 13.5. The highest BCUT2D eigenvalue weighted by molar-refractivity contribution is 6.22. The molecule has 1 atom stereocenters. The van der Waals surface area contributed by atoms with E-state index in [-0.39, 0.29) is 18.9 Å². The Balaban J connectivity index is 1.64. The Morgan fingerprint density at radius 1 is 0.914 bits per heavy atom. The van der Waals surface area contributed by atoms with Crippen LogP contribution in [0.25, 0.3) is 0 Å². The molecule has 4 amide bonds. The molecule has 0 bridgehead atoms. The summed E-state index contributed by atoms with van der Waals surface area (Å²) in [6, 6.07) is 20.0. The van der Waals surface area contributed by atoms with Crippen LogP contribution in [0.15, 0.2) is 72.8 Å². The number of ether oxygens (including phenoxy) is 2. The van der Waals surface area contributed by atoms with Crippen molar-refractivity contribution >= 4 is 29.2 Å². The van der Waals surface area contributed by atoms with Gasteiger partial charge in [0.2, 0.25) is 5.91 Å². The van der Waals surface area contributed by atoms with Crippen molar-refractivity contribution in [3.8, 4) is 11.5 Å². The van der Waals surface area contributed by atoms with Crippen molar-refractivity contribution in [2.75, 3.05) is 24.4 Å². The maximum Gasteiger partial charge on any atom is 0.332 e. The van der Waals surface area contributed by atoms with Crippen molar-refractivity contribution in [3.05, 3.63) is 83.9 Å². The first-order valence-electron chi connectivity index (χ1n) is 11.2. The fraction of sp³-hybridized carbons (Fsp3) is 0.222. The summed E-state index contributed by atoms with van der Waals surface area (Å²) < 4.78 is 10.7. The molecule has 3 aromatic carbocycles. The first-order chi connectivity index (χ1) is 16.9. The molecule has 0 aliphatic carbocycles. The van der Waals surface area contributed by atoms with Gasteiger partial charge in [0, 0.05) is 12.2 Å². The van der Waals surface area contributed by atoms with Crippen LogP contribution < -0.4 is 19.7 Å². The lowest BCUT2D eigenvalue weighted by atomic mass is 10.1. The second-order valence-electron chi connectivity index (χ2n) is 8.25. The summed E-state index contributed by atoms with van der Waals surface area (Å²) in [6.07, 6.45) is -0.172. The Morgan fingerprint density at radius 3 is 2.34 bits per heavy atom. The number of para-hydroxylation sites is 1. The van der Waals surface area contributed by atoms with Crippen LogP contribution in [0, 0.1) is 6.92 Å². The summed E-state index contributed by atoms with van der Waals surface area (Å²) in [5.41, 5.74) is 2.75. The van der Waals surface area contributed by atoms with Crippen LogP contribution in [0.5, 0.6) is 11.5 Å². The minimum absolute atomic E-state index is 0.122. The molecule has 8 heteroatoms. The van der Waals surface area contributed by atoms with Gasteiger partial charge in [0.05, 0.1) is 26.3 Å². The predicted octanol–water partition coefficient (Wildman–Crippen LogP) is 4.38. The van der Waals surface area contributed by atoms with Crippen molar-refractivity contribution in [2.45, 2.75) is 25.9 Å². The molecule has 3 aromatic rings. The Kier molecular flexibility index (Phi) is 7.01. The van der Waals surface area contributed by atoms with E-state index in [9.17, 15) is 14.4 Å². The average Bonchev–Trinajstić information content (AvgIpc) is 3.08. The van der Waals surface area contributed by atoms with Crippen molar-refractivity contribution in [3.63, 3.8) is 0 Å². The van der Waals surface area contributed by atoms with E-state index >= 15 is 0 Å². The first-order valence-corrected chi connectivity index (χ1v) is 11.2. The molecule has 0 spiro atoms. The van der Waals surface area contributed by atoms with Crippen LogP contribution in [-0.2, 0) is 16.1 Å². The maximum atomic E-state index is 13.5. The van der Waals surface area contributed by atoms with Crippen molar-refractivity contribution in [2.24, 2.45) is 0 Å². The number of benzene rings is 3. The monoisotopic (exact) mass is 473 g/mol. The van der Waals surface area contributed by atoms with Gasteiger partial charge in [-0.15, -0.1) is 0 Å². The highest BCUT2D eigenvalue weighted by Gasteiger charge is 2.46. The lowest BCUT2D eigenvalue weighted by Gasteiger charge is -2.22. The number of amides is 4. The number of methoxy groups -OCH3 is 2. The van der Waals surface area contributed by atoms with Gasteiger partial charge in [-0.2, -0.15) is 0 Å². The standard InChI is InChI=1S/C27H27N3O5/c1-18-8-7-11-21(14-18)30-26(32)22(16-25(31)28-20-9-5-4-6-10-20)29(27(30)33)17-19-12-13-23(34-2)24(15-19)35-3/h4-15,22H,16-17H2,1-3H3,(H,28,31)/t22-/m1/s1. The molecule has 1 aliphatic rings. The van der Waals surface area contributed by atoms with E-state index in [4.69, 9.17) is 9.47 Å². The molecule has 1 N–H and O–H groups in total. The Bertz CT molecular complexity index is 1240. The lowest BCUT2D eigenvalue weighted by molar-refractivity contribution is -0.124. The number of hydrogen-bond donors (Lipinski definition) is 1. The molecule has 0 aromatic heterocycles. The number of nitrogens with zero attached hydrogens (tertiary/aromatic N) is 2. The largest absolute Gasteiger partial charge is 0.493 e. The molecular formula is C27H27N3O5. The van der Waals surface area contributed by atoms with Gasteiger partial charge < -0.3 is 19.7 Å². The molecule has 35 heavy (non-hydrogen) atoms. The summed E-state index contributed by atoms with van der Waals surface area (Å²) >= 11 is 0. The molecule has 1 saturated heterocycles. The molecule has 0 radical (unpaired) electrons. The number of carbonyl (C=O) groups excluding carboxylic acids is 3. The van der Waals surface area contributed by atoms with E-state index in [1.54, 1.807) is 55.6 Å². The number of anilines is 2. The Morgan fingerprint density at radius 2 is 1.66 bits per heavy atom. The van der Waals surface area contributed by atoms with Crippen LogP contribution >= 0.6 is 0 Å². The SMILES string of the molecule is COc1ccc(CN2C(=O)N(c3cccc(C)c3)C(=O)[C@H]2CC(=O)Nc2ccccc2)cc1OC. The minimum Gasteiger partial charge on any atom is -0.493 e. The van der Waals surface area contributed by atoms with Gasteiger partial charge in [-0.05, 0) is 54.4 Å². The third-order valence-corrected chi connectivity index (χ3v) is 5.82. The lowest BCUT2D eigenvalue weighted by Crippen LogP contribution is -2.37. The van der Waals surface area contributed by atoms with Crippen LogP contribution in [0.4, 0.5) is 16.2 Å². The molecular weight excluding hydrogens is 446 g/mol. The number of nitrogens with one attached hydrogen (secondary N) is 1. The summed E-state index contributed by atoms with van der Waals surface area (Å²) in [6.45, 7) is 2.01. The van der Waals surface area contributed by atoms with Crippen LogP contribution in [0.1, 0.15) is 17.5 Å². The molecule has 0 unspecified atom stereocenters. The third-order valence-electron chi connectivity index (χ3n) is 5.82. The van der Waals surface area contributed by atoms with Gasteiger partial charge in [0.25, 0.3) is 5.91 Å². The first kappa shape index (κ1) is 23.8. The van der Waals surface area contributed by atoms with Gasteiger partial charge in [-0.1, -0.05) is 36.4 Å². The van der Waals surface area contributed by atoms with E-state index in [1.807, 2.05) is 31.2 Å². The second kappa shape index (κ2) is 10.3. The predicted molar refractivity (Wildman–Crippen MR) is 133 cm³/mol. The Labute approximate surface area is 204 Å². The highest BCUT2D eigenvalue weighted by Crippen LogP contribution is 2.32. The molecule has 1 aliphatic heterocycles. The molecule has 180 valence electrons. The fourth-order valence-electron chi connectivity index (χ4n) is 4.10. The zero-order valence-corrected chi connectivity index (χ0v) is 19.9.